The number of nitrogens with zero attached hydrogens (tertiary/aromatic N) is 1. The summed E-state index contributed by atoms with van der Waals surface area (Å²) in [4.78, 5) is 2.37. The Hall–Kier alpha value is -9.04. The van der Waals surface area contributed by atoms with Crippen molar-refractivity contribution in [3.8, 4) is 66.8 Å². The van der Waals surface area contributed by atoms with Crippen molar-refractivity contribution < 1.29 is 0 Å². The zero-order valence-electron chi connectivity index (χ0n) is 38.4. The van der Waals surface area contributed by atoms with Crippen LogP contribution < -0.4 is 4.90 Å². The summed E-state index contributed by atoms with van der Waals surface area (Å²) in [5, 5.41) is 5.01. The minimum atomic E-state index is -0.400. The molecule has 2 aliphatic rings. The van der Waals surface area contributed by atoms with E-state index < -0.39 is 5.41 Å². The largest absolute Gasteiger partial charge is 0.311 e. The average Bonchev–Trinajstić information content (AvgIpc) is 3.92. The molecule has 0 aliphatic heterocycles. The Bertz CT molecular complexity index is 3780. The standard InChI is InChI=1S/C69H45N/c1-3-18-56-48(14-1)16-11-23-58(56)50-36-42-54(43-37-50)70(55-44-38-51(39-45-55)59-24-12-17-49-15-2-4-19-57(49)59)53-40-34-47(35-41-53)46-30-32-52(33-31-46)60-25-13-26-64-63-22-7-10-29-67(63)69(68(60)64)65-27-8-5-20-61(65)62-21-6-9-28-66(62)69/h1-45H. The lowest BCUT2D eigenvalue weighted by atomic mass is 9.68. The van der Waals surface area contributed by atoms with E-state index in [1.54, 1.807) is 0 Å². The van der Waals surface area contributed by atoms with Crippen molar-refractivity contribution >= 4 is 38.6 Å². The predicted molar refractivity (Wildman–Crippen MR) is 294 cm³/mol. The fourth-order valence-electron chi connectivity index (χ4n) is 12.0. The molecule has 0 N–H and O–H groups in total. The zero-order chi connectivity index (χ0) is 46.2. The predicted octanol–water partition coefficient (Wildman–Crippen LogP) is 18.5. The van der Waals surface area contributed by atoms with Gasteiger partial charge in [0.2, 0.25) is 0 Å². The van der Waals surface area contributed by atoms with E-state index in [0.717, 1.165) is 17.1 Å². The molecule has 0 aromatic heterocycles. The van der Waals surface area contributed by atoms with Crippen LogP contribution in [0.25, 0.3) is 88.3 Å². The first kappa shape index (κ1) is 40.1. The summed E-state index contributed by atoms with van der Waals surface area (Å²) in [6.07, 6.45) is 0. The van der Waals surface area contributed by atoms with Gasteiger partial charge in [-0.3, -0.25) is 0 Å². The van der Waals surface area contributed by atoms with Gasteiger partial charge >= 0.3 is 0 Å². The molecule has 0 radical (unpaired) electrons. The molecule has 0 fully saturated rings. The van der Waals surface area contributed by atoms with Crippen molar-refractivity contribution in [2.45, 2.75) is 5.41 Å². The molecule has 1 spiro atoms. The van der Waals surface area contributed by atoms with Crippen LogP contribution in [0.1, 0.15) is 22.3 Å². The minimum Gasteiger partial charge on any atom is -0.311 e. The van der Waals surface area contributed by atoms with E-state index in [9.17, 15) is 0 Å². The van der Waals surface area contributed by atoms with Crippen LogP contribution in [0.4, 0.5) is 17.1 Å². The average molecular weight is 888 g/mol. The number of anilines is 3. The highest BCUT2D eigenvalue weighted by Crippen LogP contribution is 2.64. The Morgan fingerprint density at radius 1 is 0.214 bits per heavy atom. The van der Waals surface area contributed by atoms with Crippen LogP contribution in [0.2, 0.25) is 0 Å². The Morgan fingerprint density at radius 3 is 1.00 bits per heavy atom. The van der Waals surface area contributed by atoms with E-state index >= 15 is 0 Å². The maximum atomic E-state index is 2.37. The molecule has 0 saturated carbocycles. The van der Waals surface area contributed by atoms with E-state index in [1.807, 2.05) is 0 Å². The lowest BCUT2D eigenvalue weighted by Crippen LogP contribution is -2.26. The molecule has 0 heterocycles. The highest BCUT2D eigenvalue weighted by Gasteiger charge is 2.52. The van der Waals surface area contributed by atoms with Gasteiger partial charge in [0.15, 0.2) is 0 Å². The molecule has 14 rings (SSSR count). The van der Waals surface area contributed by atoms with Crippen LogP contribution >= 0.6 is 0 Å². The normalized spacial score (nSPS) is 12.7. The van der Waals surface area contributed by atoms with Crippen molar-refractivity contribution in [2.24, 2.45) is 0 Å². The van der Waals surface area contributed by atoms with Crippen LogP contribution in [0.5, 0.6) is 0 Å². The van der Waals surface area contributed by atoms with Gasteiger partial charge in [-0.25, -0.2) is 0 Å². The van der Waals surface area contributed by atoms with Gasteiger partial charge in [0, 0.05) is 17.1 Å². The van der Waals surface area contributed by atoms with Crippen LogP contribution in [0.3, 0.4) is 0 Å². The Balaban J connectivity index is 0.831. The van der Waals surface area contributed by atoms with Gasteiger partial charge in [-0.05, 0) is 147 Å². The lowest BCUT2D eigenvalue weighted by Gasteiger charge is -2.32. The molecule has 1 heteroatoms. The number of hydrogen-bond acceptors (Lipinski definition) is 1. The first-order valence-electron chi connectivity index (χ1n) is 24.3. The quantitative estimate of drug-likeness (QED) is 0.154. The number of rotatable bonds is 7. The van der Waals surface area contributed by atoms with Gasteiger partial charge in [0.1, 0.15) is 0 Å². The molecule has 12 aromatic carbocycles. The van der Waals surface area contributed by atoms with Crippen molar-refractivity contribution in [1.82, 2.24) is 0 Å². The summed E-state index contributed by atoms with van der Waals surface area (Å²) in [6.45, 7) is 0. The summed E-state index contributed by atoms with van der Waals surface area (Å²) in [7, 11) is 0. The molecule has 0 atom stereocenters. The van der Waals surface area contributed by atoms with Crippen molar-refractivity contribution in [3.05, 3.63) is 295 Å². The number of fused-ring (bicyclic) bond motifs is 12. The second-order valence-corrected chi connectivity index (χ2v) is 18.7. The number of hydrogen-bond donors (Lipinski definition) is 0. The molecule has 0 amide bonds. The summed E-state index contributed by atoms with van der Waals surface area (Å²) in [5.41, 5.74) is 23.4. The molecular formula is C69H45N. The smallest absolute Gasteiger partial charge is 0.0731 e. The van der Waals surface area contributed by atoms with Crippen molar-refractivity contribution in [3.63, 3.8) is 0 Å². The lowest BCUT2D eigenvalue weighted by molar-refractivity contribution is 0.796. The first-order valence-corrected chi connectivity index (χ1v) is 24.3. The zero-order valence-corrected chi connectivity index (χ0v) is 38.4. The van der Waals surface area contributed by atoms with Gasteiger partial charge in [0.25, 0.3) is 0 Å². The minimum absolute atomic E-state index is 0.400. The second kappa shape index (κ2) is 16.0. The fraction of sp³-hybridized carbons (Fsp3) is 0.0145. The third kappa shape index (κ3) is 6.12. The maximum absolute atomic E-state index is 2.37. The molecular weight excluding hydrogens is 843 g/mol. The van der Waals surface area contributed by atoms with Gasteiger partial charge in [-0.15, -0.1) is 0 Å². The third-order valence-corrected chi connectivity index (χ3v) is 15.1. The maximum Gasteiger partial charge on any atom is 0.0731 e. The molecule has 0 saturated heterocycles. The molecule has 1 nitrogen and oxygen atoms in total. The van der Waals surface area contributed by atoms with Gasteiger partial charge < -0.3 is 4.90 Å². The van der Waals surface area contributed by atoms with Crippen LogP contribution in [0, 0.1) is 0 Å². The first-order chi connectivity index (χ1) is 34.7. The van der Waals surface area contributed by atoms with E-state index in [2.05, 4.69) is 278 Å². The summed E-state index contributed by atoms with van der Waals surface area (Å²) in [5.74, 6) is 0. The highest BCUT2D eigenvalue weighted by atomic mass is 15.1. The monoisotopic (exact) mass is 887 g/mol. The molecule has 70 heavy (non-hydrogen) atoms. The van der Waals surface area contributed by atoms with E-state index in [1.165, 1.54) is 111 Å². The van der Waals surface area contributed by atoms with Gasteiger partial charge in [-0.2, -0.15) is 0 Å². The van der Waals surface area contributed by atoms with E-state index in [0.29, 0.717) is 0 Å². The van der Waals surface area contributed by atoms with Gasteiger partial charge in [-0.1, -0.05) is 237 Å². The number of benzene rings is 12. The van der Waals surface area contributed by atoms with Crippen LogP contribution in [0.15, 0.2) is 273 Å². The Kier molecular flexibility index (Phi) is 9.19. The van der Waals surface area contributed by atoms with E-state index in [-0.39, 0.29) is 0 Å². The van der Waals surface area contributed by atoms with Crippen molar-refractivity contribution in [1.29, 1.82) is 0 Å². The Morgan fingerprint density at radius 2 is 0.514 bits per heavy atom. The molecule has 2 aliphatic carbocycles. The van der Waals surface area contributed by atoms with Gasteiger partial charge in [0.05, 0.1) is 5.41 Å². The molecule has 326 valence electrons. The fourth-order valence-corrected chi connectivity index (χ4v) is 12.0. The Labute approximate surface area is 408 Å². The molecule has 0 bridgehead atoms. The highest BCUT2D eigenvalue weighted by molar-refractivity contribution is 6.00. The van der Waals surface area contributed by atoms with Crippen molar-refractivity contribution in [2.75, 3.05) is 4.90 Å². The summed E-state index contributed by atoms with van der Waals surface area (Å²) >= 11 is 0. The summed E-state index contributed by atoms with van der Waals surface area (Å²) in [6, 6.07) is 101. The third-order valence-electron chi connectivity index (χ3n) is 15.1. The molecule has 12 aromatic rings. The topological polar surface area (TPSA) is 3.24 Å². The van der Waals surface area contributed by atoms with Crippen LogP contribution in [-0.4, -0.2) is 0 Å². The second-order valence-electron chi connectivity index (χ2n) is 18.7. The summed E-state index contributed by atoms with van der Waals surface area (Å²) < 4.78 is 0. The SMILES string of the molecule is c1ccc2c(c1)-c1ccccc1C21c2ccccc2-c2cccc(-c3ccc(-c4ccc(N(c5ccc(-c6cccc7ccccc67)cc5)c5ccc(-c6cccc7ccccc67)cc5)cc4)cc3)c21. The van der Waals surface area contributed by atoms with E-state index in [4.69, 9.17) is 0 Å². The molecule has 0 unspecified atom stereocenters. The van der Waals surface area contributed by atoms with Crippen LogP contribution in [-0.2, 0) is 5.41 Å².